The van der Waals surface area contributed by atoms with Crippen molar-refractivity contribution in [2.75, 3.05) is 13.2 Å². The maximum absolute atomic E-state index is 14.6. The minimum atomic E-state index is -2.10. The lowest BCUT2D eigenvalue weighted by Gasteiger charge is -2.36. The van der Waals surface area contributed by atoms with Gasteiger partial charge in [-0.25, -0.2) is 9.07 Å². The fourth-order valence-electron chi connectivity index (χ4n) is 3.21. The van der Waals surface area contributed by atoms with Gasteiger partial charge >= 0.3 is 11.6 Å². The first-order valence-electron chi connectivity index (χ1n) is 10.9. The van der Waals surface area contributed by atoms with E-state index in [-0.39, 0.29) is 35.7 Å². The molecule has 0 aliphatic heterocycles. The number of hydrogen-bond acceptors (Lipinski definition) is 6. The average molecular weight is 465 g/mol. The molecule has 2 aromatic rings. The second kappa shape index (κ2) is 8.90. The van der Waals surface area contributed by atoms with Crippen LogP contribution in [0.15, 0.2) is 12.1 Å². The summed E-state index contributed by atoms with van der Waals surface area (Å²) in [6, 6.07) is 3.68. The highest BCUT2D eigenvalue weighted by Gasteiger charge is 2.41. The zero-order chi connectivity index (χ0) is 23.8. The van der Waals surface area contributed by atoms with Gasteiger partial charge in [-0.2, -0.15) is 0 Å². The van der Waals surface area contributed by atoms with Gasteiger partial charge in [0.15, 0.2) is 14.5 Å². The van der Waals surface area contributed by atoms with Gasteiger partial charge in [0.25, 0.3) is 0 Å². The number of aromatic nitrogens is 3. The molecule has 3 rings (SSSR count). The summed E-state index contributed by atoms with van der Waals surface area (Å²) in [5, 5.41) is 16.3. The number of alkyl halides is 1. The summed E-state index contributed by atoms with van der Waals surface area (Å²) in [6.07, 6.45) is 0.272. The first-order chi connectivity index (χ1) is 14.8. The smallest absolute Gasteiger partial charge is 0.354 e. The number of halogens is 1. The van der Waals surface area contributed by atoms with E-state index in [1.165, 1.54) is 0 Å². The first kappa shape index (κ1) is 24.3. The molecule has 1 saturated carbocycles. The van der Waals surface area contributed by atoms with Crippen LogP contribution in [-0.4, -0.2) is 47.4 Å². The molecule has 0 amide bonds. The van der Waals surface area contributed by atoms with Crippen LogP contribution >= 0.6 is 0 Å². The van der Waals surface area contributed by atoms with E-state index in [1.807, 2.05) is 39.1 Å². The van der Waals surface area contributed by atoms with Crippen LogP contribution in [0.25, 0.3) is 5.69 Å². The molecule has 0 aromatic carbocycles. The molecule has 10 heteroatoms. The van der Waals surface area contributed by atoms with Gasteiger partial charge in [-0.3, -0.25) is 15.1 Å². The van der Waals surface area contributed by atoms with Crippen molar-refractivity contribution < 1.29 is 18.5 Å². The molecule has 32 heavy (non-hydrogen) atoms. The molecule has 8 nitrogen and oxygen atoms in total. The third-order valence-corrected chi connectivity index (χ3v) is 10.8. The third-order valence-electron chi connectivity index (χ3n) is 6.27. The van der Waals surface area contributed by atoms with Crippen molar-refractivity contribution >= 4 is 14.0 Å². The molecule has 0 bridgehead atoms. The molecular weight excluding hydrogens is 431 g/mol. The summed E-state index contributed by atoms with van der Waals surface area (Å²) in [5.74, 6) is -0.129. The first-order valence-corrected chi connectivity index (χ1v) is 13.9. The Labute approximate surface area is 189 Å². The number of aryl methyl sites for hydroxylation is 2. The lowest BCUT2D eigenvalue weighted by Crippen LogP contribution is -2.42. The summed E-state index contributed by atoms with van der Waals surface area (Å²) in [4.78, 5) is 15.9. The molecule has 1 fully saturated rings. The van der Waals surface area contributed by atoms with E-state index in [4.69, 9.17) is 9.16 Å². The van der Waals surface area contributed by atoms with E-state index in [0.29, 0.717) is 17.1 Å². The quantitative estimate of drug-likeness (QED) is 0.280. The number of hydrogen-bond donors (Lipinski definition) is 0. The highest BCUT2D eigenvalue weighted by molar-refractivity contribution is 6.74. The van der Waals surface area contributed by atoms with Crippen molar-refractivity contribution in [2.24, 2.45) is 0 Å². The number of ether oxygens (including phenoxy) is 1. The topological polar surface area (TPSA) is 92.3 Å². The summed E-state index contributed by atoms with van der Waals surface area (Å²) in [7, 11) is -2.10. The molecule has 0 N–H and O–H groups in total. The van der Waals surface area contributed by atoms with E-state index in [9.17, 15) is 14.5 Å². The predicted octanol–water partition coefficient (Wildman–Crippen LogP) is 5.41. The average Bonchev–Trinajstić information content (AvgIpc) is 3.44. The van der Waals surface area contributed by atoms with Crippen LogP contribution < -0.4 is 4.74 Å². The van der Waals surface area contributed by atoms with Crippen LogP contribution in [0.3, 0.4) is 0 Å². The van der Waals surface area contributed by atoms with Crippen molar-refractivity contribution in [3.63, 3.8) is 0 Å². The van der Waals surface area contributed by atoms with E-state index < -0.39 is 19.4 Å². The second-order valence-electron chi connectivity index (χ2n) is 10.0. The van der Waals surface area contributed by atoms with Gasteiger partial charge in [0.05, 0.1) is 22.9 Å². The maximum Gasteiger partial charge on any atom is 0.354 e. The summed E-state index contributed by atoms with van der Waals surface area (Å²) >= 11 is 0. The number of nitrogens with zero attached hydrogens (tertiary/aromatic N) is 4. The molecule has 0 spiro atoms. The van der Waals surface area contributed by atoms with Gasteiger partial charge in [0, 0.05) is 11.6 Å². The van der Waals surface area contributed by atoms with E-state index >= 15 is 0 Å². The summed E-state index contributed by atoms with van der Waals surface area (Å²) in [6.45, 7) is 13.6. The Hall–Kier alpha value is -2.33. The normalized spacial score (nSPS) is 15.6. The summed E-state index contributed by atoms with van der Waals surface area (Å²) in [5.41, 5.74) is 2.52. The number of pyridine rings is 1. The molecule has 1 atom stereocenters. The van der Waals surface area contributed by atoms with Crippen molar-refractivity contribution in [2.45, 2.75) is 77.7 Å². The SMILES string of the molecule is Cc1ccc(-n2nc(OCC(F)CO[Si](C)(C)C(C)(C)C)c([N+](=O)[O-])c2C2CC2)c(C)n1. The van der Waals surface area contributed by atoms with Gasteiger partial charge in [-0.05, 0) is 57.0 Å². The van der Waals surface area contributed by atoms with Crippen LogP contribution in [0, 0.1) is 24.0 Å². The van der Waals surface area contributed by atoms with E-state index in [2.05, 4.69) is 30.9 Å². The van der Waals surface area contributed by atoms with Gasteiger partial charge in [0.1, 0.15) is 12.3 Å². The molecule has 0 radical (unpaired) electrons. The zero-order valence-corrected chi connectivity index (χ0v) is 20.9. The Morgan fingerprint density at radius 1 is 1.28 bits per heavy atom. The monoisotopic (exact) mass is 464 g/mol. The summed E-state index contributed by atoms with van der Waals surface area (Å²) < 4.78 is 27.6. The van der Waals surface area contributed by atoms with Crippen LogP contribution in [-0.2, 0) is 4.43 Å². The largest absolute Gasteiger partial charge is 0.469 e. The van der Waals surface area contributed by atoms with Crippen LogP contribution in [0.5, 0.6) is 5.88 Å². The Bertz CT molecular complexity index is 999. The standard InChI is InChI=1S/C22H33FN4O4Si/c1-14-8-11-18(15(2)24-14)26-19(16-9-10-16)20(27(28)29)21(25-26)30-12-17(23)13-31-32(6,7)22(3,4)5/h8,11,16-17H,9-10,12-13H2,1-7H3. The molecular formula is C22H33FN4O4Si. The molecule has 176 valence electrons. The number of nitro groups is 1. The van der Waals surface area contributed by atoms with Gasteiger partial charge in [-0.15, -0.1) is 5.10 Å². The molecule has 1 aliphatic carbocycles. The van der Waals surface area contributed by atoms with Crippen molar-refractivity contribution in [1.29, 1.82) is 0 Å². The molecule has 1 unspecified atom stereocenters. The molecule has 2 aromatic heterocycles. The fourth-order valence-corrected chi connectivity index (χ4v) is 4.24. The van der Waals surface area contributed by atoms with E-state index in [0.717, 1.165) is 18.5 Å². The minimum Gasteiger partial charge on any atom is -0.469 e. The minimum absolute atomic E-state index is 0.0315. The fraction of sp³-hybridized carbons (Fsp3) is 0.636. The Morgan fingerprint density at radius 3 is 2.47 bits per heavy atom. The molecule has 1 aliphatic rings. The van der Waals surface area contributed by atoms with Crippen molar-refractivity contribution in [3.05, 3.63) is 39.3 Å². The molecule has 2 heterocycles. The van der Waals surface area contributed by atoms with Crippen LogP contribution in [0.2, 0.25) is 18.1 Å². The zero-order valence-electron chi connectivity index (χ0n) is 19.9. The lowest BCUT2D eigenvalue weighted by molar-refractivity contribution is -0.386. The number of rotatable bonds is 9. The van der Waals surface area contributed by atoms with Crippen molar-refractivity contribution in [1.82, 2.24) is 14.8 Å². The Balaban J connectivity index is 1.83. The highest BCUT2D eigenvalue weighted by atomic mass is 28.4. The van der Waals surface area contributed by atoms with Gasteiger partial charge < -0.3 is 9.16 Å². The second-order valence-corrected chi connectivity index (χ2v) is 14.8. The van der Waals surface area contributed by atoms with Gasteiger partial charge in [0.2, 0.25) is 0 Å². The van der Waals surface area contributed by atoms with Crippen LogP contribution in [0.1, 0.15) is 56.6 Å². The van der Waals surface area contributed by atoms with E-state index in [1.54, 1.807) is 4.68 Å². The lowest BCUT2D eigenvalue weighted by atomic mass is 10.2. The predicted molar refractivity (Wildman–Crippen MR) is 123 cm³/mol. The third kappa shape index (κ3) is 5.17. The van der Waals surface area contributed by atoms with Crippen LogP contribution in [0.4, 0.5) is 10.1 Å². The molecule has 0 saturated heterocycles. The van der Waals surface area contributed by atoms with Crippen molar-refractivity contribution in [3.8, 4) is 11.6 Å². The Morgan fingerprint density at radius 2 is 1.94 bits per heavy atom. The highest BCUT2D eigenvalue weighted by Crippen LogP contribution is 2.48. The Kier molecular flexibility index (Phi) is 6.76. The van der Waals surface area contributed by atoms with Gasteiger partial charge in [-0.1, -0.05) is 20.8 Å². The maximum atomic E-state index is 14.6.